The topological polar surface area (TPSA) is 86.7 Å². The van der Waals surface area contributed by atoms with E-state index >= 15 is 0 Å². The number of aryl methyl sites for hydroxylation is 1. The fourth-order valence-corrected chi connectivity index (χ4v) is 4.84. The second-order valence-electron chi connectivity index (χ2n) is 7.66. The van der Waals surface area contributed by atoms with E-state index in [0.717, 1.165) is 31.2 Å². The number of carbonyl (C=O) groups excluding carboxylic acids is 1. The Kier molecular flexibility index (Phi) is 6.59. The number of sulfonamides is 1. The monoisotopic (exact) mass is 416 g/mol. The molecule has 0 aliphatic heterocycles. The molecule has 0 spiro atoms. The van der Waals surface area contributed by atoms with E-state index in [-0.39, 0.29) is 28.4 Å². The Morgan fingerprint density at radius 2 is 1.83 bits per heavy atom. The molecule has 2 aromatic carbocycles. The van der Waals surface area contributed by atoms with E-state index in [9.17, 15) is 18.3 Å². The van der Waals surface area contributed by atoms with Crippen LogP contribution in [-0.4, -0.2) is 39.1 Å². The van der Waals surface area contributed by atoms with Crippen LogP contribution in [0.15, 0.2) is 53.4 Å². The van der Waals surface area contributed by atoms with E-state index in [0.29, 0.717) is 12.2 Å². The molecule has 1 aliphatic rings. The molecule has 1 fully saturated rings. The third-order valence-electron chi connectivity index (χ3n) is 5.55. The van der Waals surface area contributed by atoms with Gasteiger partial charge in [-0.3, -0.25) is 9.10 Å². The molecule has 2 aromatic rings. The highest BCUT2D eigenvalue weighted by atomic mass is 32.2. The largest absolute Gasteiger partial charge is 0.393 e. The number of nitrogens with zero attached hydrogens (tertiary/aromatic N) is 1. The zero-order valence-electron chi connectivity index (χ0n) is 16.8. The lowest BCUT2D eigenvalue weighted by Crippen LogP contribution is -2.36. The van der Waals surface area contributed by atoms with Crippen molar-refractivity contribution in [2.75, 3.05) is 17.9 Å². The number of nitrogens with one attached hydrogen (secondary N) is 1. The minimum atomic E-state index is -3.79. The van der Waals surface area contributed by atoms with Crippen LogP contribution in [0.2, 0.25) is 0 Å². The molecule has 7 heteroatoms. The first-order valence-corrected chi connectivity index (χ1v) is 11.3. The number of rotatable bonds is 6. The fourth-order valence-electron chi connectivity index (χ4n) is 3.60. The normalized spacial score (nSPS) is 19.6. The summed E-state index contributed by atoms with van der Waals surface area (Å²) in [5, 5.41) is 12.9. The van der Waals surface area contributed by atoms with Crippen LogP contribution in [0.25, 0.3) is 0 Å². The van der Waals surface area contributed by atoms with Crippen molar-refractivity contribution in [3.8, 4) is 0 Å². The van der Waals surface area contributed by atoms with E-state index in [1.165, 1.54) is 23.5 Å². The maximum Gasteiger partial charge on any atom is 0.264 e. The summed E-state index contributed by atoms with van der Waals surface area (Å²) < 4.78 is 27.2. The molecule has 6 nitrogen and oxygen atoms in total. The van der Waals surface area contributed by atoms with E-state index in [1.807, 2.05) is 19.1 Å². The molecule has 1 saturated carbocycles. The van der Waals surface area contributed by atoms with E-state index < -0.39 is 10.0 Å². The summed E-state index contributed by atoms with van der Waals surface area (Å²) in [7, 11) is -2.29. The first-order valence-electron chi connectivity index (χ1n) is 9.91. The highest BCUT2D eigenvalue weighted by Gasteiger charge is 2.25. The fraction of sp³-hybridized carbons (Fsp3) is 0.409. The molecule has 156 valence electrons. The zero-order chi connectivity index (χ0) is 21.0. The molecule has 2 N–H and O–H groups in total. The van der Waals surface area contributed by atoms with Gasteiger partial charge in [0, 0.05) is 25.1 Å². The van der Waals surface area contributed by atoms with Crippen molar-refractivity contribution in [1.29, 1.82) is 0 Å². The third kappa shape index (κ3) is 4.97. The van der Waals surface area contributed by atoms with Crippen molar-refractivity contribution < 1.29 is 18.3 Å². The summed E-state index contributed by atoms with van der Waals surface area (Å²) >= 11 is 0. The van der Waals surface area contributed by atoms with Gasteiger partial charge in [-0.05, 0) is 50.1 Å². The molecular weight excluding hydrogens is 388 g/mol. The van der Waals surface area contributed by atoms with Crippen LogP contribution in [0.3, 0.4) is 0 Å². The molecule has 0 radical (unpaired) electrons. The third-order valence-corrected chi connectivity index (χ3v) is 7.33. The highest BCUT2D eigenvalue weighted by molar-refractivity contribution is 7.92. The van der Waals surface area contributed by atoms with Crippen LogP contribution < -0.4 is 9.62 Å². The van der Waals surface area contributed by atoms with E-state index in [2.05, 4.69) is 5.32 Å². The van der Waals surface area contributed by atoms with Crippen LogP contribution in [0, 0.1) is 12.8 Å². The molecule has 0 heterocycles. The molecule has 1 amide bonds. The second-order valence-corrected chi connectivity index (χ2v) is 9.63. The first kappa shape index (κ1) is 21.3. The molecule has 0 aromatic heterocycles. The van der Waals surface area contributed by atoms with Crippen molar-refractivity contribution in [3.05, 3.63) is 59.7 Å². The Bertz CT molecular complexity index is 957. The number of benzene rings is 2. The van der Waals surface area contributed by atoms with Crippen LogP contribution in [0.5, 0.6) is 0 Å². The maximum atomic E-state index is 13.0. The van der Waals surface area contributed by atoms with Gasteiger partial charge < -0.3 is 10.4 Å². The van der Waals surface area contributed by atoms with Crippen LogP contribution in [0.4, 0.5) is 5.69 Å². The number of aliphatic hydroxyl groups is 1. The van der Waals surface area contributed by atoms with Crippen molar-refractivity contribution in [3.63, 3.8) is 0 Å². The number of carbonyl (C=O) groups is 1. The summed E-state index contributed by atoms with van der Waals surface area (Å²) in [6.07, 6.45) is 3.33. The standard InChI is InChI=1S/C22H28N2O4S/c1-16-10-12-19(13-11-16)24(2)29(27,28)20-8-5-7-17(14-20)22(26)23-15-18-6-3-4-9-21(18)25/h5,7-8,10-14,18,21,25H,3-4,6,9,15H2,1-2H3,(H,23,26)/t18-,21+/m0/s1. The first-order chi connectivity index (χ1) is 13.8. The molecule has 0 bridgehead atoms. The van der Waals surface area contributed by atoms with Gasteiger partial charge in [0.1, 0.15) is 0 Å². The van der Waals surface area contributed by atoms with Crippen LogP contribution in [0.1, 0.15) is 41.6 Å². The van der Waals surface area contributed by atoms with Crippen LogP contribution in [-0.2, 0) is 10.0 Å². The van der Waals surface area contributed by atoms with Gasteiger partial charge in [-0.25, -0.2) is 8.42 Å². The summed E-state index contributed by atoms with van der Waals surface area (Å²) in [5.41, 5.74) is 1.88. The maximum absolute atomic E-state index is 13.0. The Labute approximate surface area is 172 Å². The average molecular weight is 417 g/mol. The SMILES string of the molecule is Cc1ccc(N(C)S(=O)(=O)c2cccc(C(=O)NC[C@@H]3CCCC[C@H]3O)c2)cc1. The van der Waals surface area contributed by atoms with Gasteiger partial charge in [0.2, 0.25) is 0 Å². The minimum absolute atomic E-state index is 0.0484. The Balaban J connectivity index is 1.73. The Hall–Kier alpha value is -2.38. The van der Waals surface area contributed by atoms with Crippen molar-refractivity contribution in [2.24, 2.45) is 5.92 Å². The van der Waals surface area contributed by atoms with Crippen molar-refractivity contribution in [1.82, 2.24) is 5.32 Å². The number of hydrogen-bond acceptors (Lipinski definition) is 4. The summed E-state index contributed by atoms with van der Waals surface area (Å²) in [5.74, 6) is -0.287. The summed E-state index contributed by atoms with van der Waals surface area (Å²) in [6, 6.07) is 13.2. The Morgan fingerprint density at radius 3 is 2.52 bits per heavy atom. The van der Waals surface area contributed by atoms with Crippen molar-refractivity contribution in [2.45, 2.75) is 43.6 Å². The molecule has 0 saturated heterocycles. The number of anilines is 1. The number of amides is 1. The van der Waals surface area contributed by atoms with E-state index in [1.54, 1.807) is 24.3 Å². The zero-order valence-corrected chi connectivity index (χ0v) is 17.7. The second kappa shape index (κ2) is 8.97. The van der Waals surface area contributed by atoms with Gasteiger partial charge in [0.15, 0.2) is 0 Å². The summed E-state index contributed by atoms with van der Waals surface area (Å²) in [6.45, 7) is 2.33. The van der Waals surface area contributed by atoms with Gasteiger partial charge in [-0.15, -0.1) is 0 Å². The number of hydrogen-bond donors (Lipinski definition) is 2. The molecule has 0 unspecified atom stereocenters. The molecular formula is C22H28N2O4S. The quantitative estimate of drug-likeness (QED) is 0.758. The molecule has 3 rings (SSSR count). The molecule has 29 heavy (non-hydrogen) atoms. The lowest BCUT2D eigenvalue weighted by Gasteiger charge is -2.27. The Morgan fingerprint density at radius 1 is 1.14 bits per heavy atom. The average Bonchev–Trinajstić information content (AvgIpc) is 2.73. The molecule has 2 atom stereocenters. The van der Waals surface area contributed by atoms with E-state index in [4.69, 9.17) is 0 Å². The smallest absolute Gasteiger partial charge is 0.264 e. The minimum Gasteiger partial charge on any atom is -0.393 e. The summed E-state index contributed by atoms with van der Waals surface area (Å²) in [4.78, 5) is 12.6. The van der Waals surface area contributed by atoms with Gasteiger partial charge in [-0.2, -0.15) is 0 Å². The van der Waals surface area contributed by atoms with Gasteiger partial charge in [0.25, 0.3) is 15.9 Å². The van der Waals surface area contributed by atoms with Crippen LogP contribution >= 0.6 is 0 Å². The van der Waals surface area contributed by atoms with Gasteiger partial charge in [0.05, 0.1) is 16.7 Å². The molecule has 1 aliphatic carbocycles. The predicted molar refractivity (Wildman–Crippen MR) is 114 cm³/mol. The van der Waals surface area contributed by atoms with Gasteiger partial charge >= 0.3 is 0 Å². The lowest BCUT2D eigenvalue weighted by molar-refractivity contribution is 0.0663. The predicted octanol–water partition coefficient (Wildman–Crippen LogP) is 3.10. The number of aliphatic hydroxyl groups excluding tert-OH is 1. The van der Waals surface area contributed by atoms with Gasteiger partial charge in [-0.1, -0.05) is 36.6 Å². The highest BCUT2D eigenvalue weighted by Crippen LogP contribution is 2.25. The lowest BCUT2D eigenvalue weighted by atomic mass is 9.86. The van der Waals surface area contributed by atoms with Crippen molar-refractivity contribution >= 4 is 21.6 Å².